The fraction of sp³-hybridized carbons (Fsp3) is 0.650. The van der Waals surface area contributed by atoms with Crippen molar-refractivity contribution >= 4 is 11.6 Å². The third-order valence-corrected chi connectivity index (χ3v) is 5.44. The molecule has 0 bridgehead atoms. The third-order valence-electron chi connectivity index (χ3n) is 5.44. The van der Waals surface area contributed by atoms with Crippen molar-refractivity contribution in [3.05, 3.63) is 23.8 Å². The summed E-state index contributed by atoms with van der Waals surface area (Å²) in [5, 5.41) is 12.5. The Balaban J connectivity index is 1.59. The summed E-state index contributed by atoms with van der Waals surface area (Å²) in [7, 11) is 1.65. The SMILES string of the molecule is COc1ccc(C(=O)NCCN2CCCC[C@@H]2CO)cc1N1CCOCC1. The van der Waals surface area contributed by atoms with Crippen LogP contribution in [0, 0.1) is 0 Å². The van der Waals surface area contributed by atoms with Crippen molar-refractivity contribution in [2.75, 3.05) is 64.6 Å². The number of amides is 1. The molecule has 150 valence electrons. The maximum Gasteiger partial charge on any atom is 0.251 e. The van der Waals surface area contributed by atoms with Gasteiger partial charge in [-0.25, -0.2) is 0 Å². The van der Waals surface area contributed by atoms with Gasteiger partial charge >= 0.3 is 0 Å². The number of nitrogens with one attached hydrogen (secondary N) is 1. The summed E-state index contributed by atoms with van der Waals surface area (Å²) in [4.78, 5) is 17.1. The molecule has 2 saturated heterocycles. The van der Waals surface area contributed by atoms with Crippen LogP contribution in [0.4, 0.5) is 5.69 Å². The normalized spacial score (nSPS) is 21.1. The van der Waals surface area contributed by atoms with Crippen LogP contribution in [0.5, 0.6) is 5.75 Å². The fourth-order valence-corrected chi connectivity index (χ4v) is 3.86. The number of anilines is 1. The molecule has 7 nitrogen and oxygen atoms in total. The minimum Gasteiger partial charge on any atom is -0.495 e. The van der Waals surface area contributed by atoms with Crippen molar-refractivity contribution in [2.45, 2.75) is 25.3 Å². The number of methoxy groups -OCH3 is 1. The van der Waals surface area contributed by atoms with Crippen molar-refractivity contribution in [3.8, 4) is 5.75 Å². The van der Waals surface area contributed by atoms with E-state index in [1.165, 1.54) is 6.42 Å². The molecule has 2 heterocycles. The molecule has 1 aromatic carbocycles. The average Bonchev–Trinajstić information content (AvgIpc) is 2.74. The molecule has 0 spiro atoms. The molecule has 1 atom stereocenters. The largest absolute Gasteiger partial charge is 0.495 e. The number of rotatable bonds is 7. The summed E-state index contributed by atoms with van der Waals surface area (Å²) < 4.78 is 10.9. The van der Waals surface area contributed by atoms with Crippen LogP contribution in [0.25, 0.3) is 0 Å². The quantitative estimate of drug-likeness (QED) is 0.742. The lowest BCUT2D eigenvalue weighted by Gasteiger charge is -2.34. The molecule has 27 heavy (non-hydrogen) atoms. The van der Waals surface area contributed by atoms with Gasteiger partial charge in [0.1, 0.15) is 5.75 Å². The van der Waals surface area contributed by atoms with Crippen LogP contribution >= 0.6 is 0 Å². The molecule has 2 N–H and O–H groups in total. The van der Waals surface area contributed by atoms with E-state index < -0.39 is 0 Å². The first-order chi connectivity index (χ1) is 13.2. The second-order valence-corrected chi connectivity index (χ2v) is 7.11. The lowest BCUT2D eigenvalue weighted by molar-refractivity contribution is 0.0849. The minimum absolute atomic E-state index is 0.0790. The molecule has 0 unspecified atom stereocenters. The van der Waals surface area contributed by atoms with E-state index >= 15 is 0 Å². The Bertz CT molecular complexity index is 619. The highest BCUT2D eigenvalue weighted by Crippen LogP contribution is 2.30. The molecule has 1 aromatic rings. The van der Waals surface area contributed by atoms with Crippen LogP contribution in [-0.4, -0.2) is 81.6 Å². The van der Waals surface area contributed by atoms with Gasteiger partial charge in [0.25, 0.3) is 5.91 Å². The molecule has 1 amide bonds. The van der Waals surface area contributed by atoms with Gasteiger partial charge in [-0.1, -0.05) is 6.42 Å². The van der Waals surface area contributed by atoms with Gasteiger partial charge in [-0.2, -0.15) is 0 Å². The van der Waals surface area contributed by atoms with Gasteiger partial charge in [0, 0.05) is 37.8 Å². The zero-order valence-electron chi connectivity index (χ0n) is 16.2. The van der Waals surface area contributed by atoms with E-state index in [-0.39, 0.29) is 18.6 Å². The van der Waals surface area contributed by atoms with Crippen molar-refractivity contribution in [2.24, 2.45) is 0 Å². The standard InChI is InChI=1S/C20H31N3O4/c1-26-19-6-5-16(14-18(19)23-10-12-27-13-11-23)20(25)21-7-9-22-8-3-2-4-17(22)15-24/h5-6,14,17,24H,2-4,7-13,15H2,1H3,(H,21,25)/t17-/m1/s1. The summed E-state index contributed by atoms with van der Waals surface area (Å²) in [6.45, 7) is 5.47. The number of hydrogen-bond donors (Lipinski definition) is 2. The predicted octanol–water partition coefficient (Wildman–Crippen LogP) is 1.11. The van der Waals surface area contributed by atoms with Crippen LogP contribution in [0.15, 0.2) is 18.2 Å². The molecule has 2 fully saturated rings. The second-order valence-electron chi connectivity index (χ2n) is 7.11. The number of morpholine rings is 1. The van der Waals surface area contributed by atoms with E-state index in [9.17, 15) is 9.90 Å². The number of ether oxygens (including phenoxy) is 2. The minimum atomic E-state index is -0.0790. The van der Waals surface area contributed by atoms with E-state index in [0.717, 1.165) is 50.5 Å². The number of hydrogen-bond acceptors (Lipinski definition) is 6. The zero-order valence-corrected chi connectivity index (χ0v) is 16.2. The lowest BCUT2D eigenvalue weighted by Crippen LogP contribution is -2.45. The van der Waals surface area contributed by atoms with Crippen LogP contribution < -0.4 is 15.0 Å². The molecular weight excluding hydrogens is 346 g/mol. The van der Waals surface area contributed by atoms with Gasteiger partial charge in [0.05, 0.1) is 32.6 Å². The first-order valence-electron chi connectivity index (χ1n) is 9.86. The molecular formula is C20H31N3O4. The molecule has 2 aliphatic heterocycles. The summed E-state index contributed by atoms with van der Waals surface area (Å²) in [5.41, 5.74) is 1.57. The molecule has 0 saturated carbocycles. The Morgan fingerprint density at radius 2 is 2.11 bits per heavy atom. The molecule has 3 rings (SSSR count). The average molecular weight is 377 g/mol. The van der Waals surface area contributed by atoms with Crippen molar-refractivity contribution in [1.29, 1.82) is 0 Å². The highest BCUT2D eigenvalue weighted by Gasteiger charge is 2.21. The fourth-order valence-electron chi connectivity index (χ4n) is 3.86. The monoisotopic (exact) mass is 377 g/mol. The Morgan fingerprint density at radius 3 is 2.85 bits per heavy atom. The number of nitrogens with zero attached hydrogens (tertiary/aromatic N) is 2. The van der Waals surface area contributed by atoms with Gasteiger partial charge in [-0.3, -0.25) is 9.69 Å². The number of carbonyl (C=O) groups excluding carboxylic acids is 1. The number of aliphatic hydroxyl groups is 1. The van der Waals surface area contributed by atoms with Crippen LogP contribution in [0.1, 0.15) is 29.6 Å². The van der Waals surface area contributed by atoms with Gasteiger partial charge in [0.2, 0.25) is 0 Å². The van der Waals surface area contributed by atoms with E-state index in [0.29, 0.717) is 25.3 Å². The molecule has 7 heteroatoms. The van der Waals surface area contributed by atoms with Crippen LogP contribution in [-0.2, 0) is 4.74 Å². The van der Waals surface area contributed by atoms with Gasteiger partial charge in [0.15, 0.2) is 0 Å². The first-order valence-corrected chi connectivity index (χ1v) is 9.86. The summed E-state index contributed by atoms with van der Waals surface area (Å²) >= 11 is 0. The Labute approximate surface area is 161 Å². The highest BCUT2D eigenvalue weighted by molar-refractivity contribution is 5.95. The maximum atomic E-state index is 12.6. The number of carbonyl (C=O) groups is 1. The van der Waals surface area contributed by atoms with Gasteiger partial charge < -0.3 is 24.8 Å². The lowest BCUT2D eigenvalue weighted by atomic mass is 10.0. The van der Waals surface area contributed by atoms with Crippen LogP contribution in [0.2, 0.25) is 0 Å². The number of likely N-dealkylation sites (tertiary alicyclic amines) is 1. The Kier molecular flexibility index (Phi) is 7.32. The van der Waals surface area contributed by atoms with Crippen molar-refractivity contribution < 1.29 is 19.4 Å². The number of aliphatic hydroxyl groups excluding tert-OH is 1. The van der Waals surface area contributed by atoms with E-state index in [1.54, 1.807) is 13.2 Å². The van der Waals surface area contributed by atoms with E-state index in [4.69, 9.17) is 9.47 Å². The molecule has 0 radical (unpaired) electrons. The highest BCUT2D eigenvalue weighted by atomic mass is 16.5. The number of benzene rings is 1. The van der Waals surface area contributed by atoms with Crippen LogP contribution in [0.3, 0.4) is 0 Å². The molecule has 2 aliphatic rings. The Hall–Kier alpha value is -1.83. The number of piperidine rings is 1. The summed E-state index contributed by atoms with van der Waals surface area (Å²) in [6, 6.07) is 5.78. The van der Waals surface area contributed by atoms with Gasteiger partial charge in [-0.15, -0.1) is 0 Å². The zero-order chi connectivity index (χ0) is 19.1. The topological polar surface area (TPSA) is 74.3 Å². The first kappa shape index (κ1) is 19.9. The molecule has 0 aromatic heterocycles. The second kappa shape index (κ2) is 9.92. The van der Waals surface area contributed by atoms with Crippen molar-refractivity contribution in [3.63, 3.8) is 0 Å². The maximum absolute atomic E-state index is 12.6. The summed E-state index contributed by atoms with van der Waals surface area (Å²) in [6.07, 6.45) is 3.36. The smallest absolute Gasteiger partial charge is 0.251 e. The predicted molar refractivity (Wildman–Crippen MR) is 105 cm³/mol. The van der Waals surface area contributed by atoms with E-state index in [1.807, 2.05) is 12.1 Å². The summed E-state index contributed by atoms with van der Waals surface area (Å²) in [5.74, 6) is 0.692. The van der Waals surface area contributed by atoms with E-state index in [2.05, 4.69) is 15.1 Å². The Morgan fingerprint density at radius 1 is 1.30 bits per heavy atom. The molecule has 0 aliphatic carbocycles. The van der Waals surface area contributed by atoms with Crippen molar-refractivity contribution in [1.82, 2.24) is 10.2 Å². The third kappa shape index (κ3) is 5.12. The van der Waals surface area contributed by atoms with Gasteiger partial charge in [-0.05, 0) is 37.6 Å².